The first kappa shape index (κ1) is 14.6. The van der Waals surface area contributed by atoms with Crippen LogP contribution in [0.2, 0.25) is 5.15 Å². The molecule has 6 nitrogen and oxygen atoms in total. The number of carboxylic acids is 1. The van der Waals surface area contributed by atoms with Crippen LogP contribution in [0.3, 0.4) is 0 Å². The van der Waals surface area contributed by atoms with E-state index < -0.39 is 5.97 Å². The maximum Gasteiger partial charge on any atom is 0.335 e. The number of ether oxygens (including phenoxy) is 1. The molecule has 2 aromatic rings. The van der Waals surface area contributed by atoms with Crippen molar-refractivity contribution in [1.29, 1.82) is 5.26 Å². The molecule has 1 heterocycles. The van der Waals surface area contributed by atoms with Gasteiger partial charge in [-0.25, -0.2) is 9.78 Å². The van der Waals surface area contributed by atoms with E-state index in [-0.39, 0.29) is 16.5 Å². The highest BCUT2D eigenvalue weighted by Crippen LogP contribution is 2.31. The van der Waals surface area contributed by atoms with Crippen LogP contribution in [-0.2, 0) is 0 Å². The van der Waals surface area contributed by atoms with Crippen LogP contribution < -0.4 is 10.1 Å². The summed E-state index contributed by atoms with van der Waals surface area (Å²) in [4.78, 5) is 15.0. The molecule has 0 radical (unpaired) electrons. The fourth-order valence-electron chi connectivity index (χ4n) is 1.74. The van der Waals surface area contributed by atoms with Gasteiger partial charge in [0.05, 0.1) is 18.2 Å². The molecule has 0 amide bonds. The molecule has 0 unspecified atom stereocenters. The summed E-state index contributed by atoms with van der Waals surface area (Å²) < 4.78 is 5.18. The normalized spacial score (nSPS) is 9.76. The quantitative estimate of drug-likeness (QED) is 0.843. The Morgan fingerprint density at radius 1 is 1.48 bits per heavy atom. The van der Waals surface area contributed by atoms with Crippen molar-refractivity contribution in [1.82, 2.24) is 4.98 Å². The Bertz CT molecular complexity index is 741. The predicted octanol–water partition coefficient (Wildman–Crippen LogP) is 3.06. The topological polar surface area (TPSA) is 95.2 Å². The van der Waals surface area contributed by atoms with Gasteiger partial charge in [0.25, 0.3) is 0 Å². The number of aromatic carboxylic acids is 1. The first-order chi connectivity index (χ1) is 10.0. The number of carbonyl (C=O) groups is 1. The van der Waals surface area contributed by atoms with E-state index in [2.05, 4.69) is 10.3 Å². The number of rotatable bonds is 4. The Labute approximate surface area is 125 Å². The molecule has 0 atom stereocenters. The number of benzene rings is 1. The van der Waals surface area contributed by atoms with Gasteiger partial charge in [0.2, 0.25) is 0 Å². The Hall–Kier alpha value is -2.78. The second kappa shape index (κ2) is 6.11. The molecule has 1 aromatic carbocycles. The zero-order valence-electron chi connectivity index (χ0n) is 10.9. The highest BCUT2D eigenvalue weighted by molar-refractivity contribution is 6.29. The Morgan fingerprint density at radius 3 is 2.86 bits per heavy atom. The van der Waals surface area contributed by atoms with Gasteiger partial charge in [-0.3, -0.25) is 0 Å². The summed E-state index contributed by atoms with van der Waals surface area (Å²) in [6.07, 6.45) is 0. The molecule has 2 N–H and O–H groups in total. The Balaban J connectivity index is 2.48. The van der Waals surface area contributed by atoms with Crippen LogP contribution in [0.25, 0.3) is 0 Å². The molecule has 0 saturated carbocycles. The average molecular weight is 304 g/mol. The second-order valence-corrected chi connectivity index (χ2v) is 4.38. The number of anilines is 2. The van der Waals surface area contributed by atoms with Gasteiger partial charge in [-0.15, -0.1) is 0 Å². The number of methoxy groups -OCH3 is 1. The number of aromatic nitrogens is 1. The highest BCUT2D eigenvalue weighted by atomic mass is 35.5. The number of halogens is 1. The molecule has 0 spiro atoms. The lowest BCUT2D eigenvalue weighted by Gasteiger charge is -2.12. The van der Waals surface area contributed by atoms with Crippen LogP contribution in [-0.4, -0.2) is 23.2 Å². The van der Waals surface area contributed by atoms with E-state index in [1.165, 1.54) is 19.2 Å². The fraction of sp³-hybridized carbons (Fsp3) is 0.0714. The summed E-state index contributed by atoms with van der Waals surface area (Å²) in [6.45, 7) is 0. The molecule has 7 heteroatoms. The van der Waals surface area contributed by atoms with Crippen LogP contribution in [0.15, 0.2) is 30.3 Å². The van der Waals surface area contributed by atoms with Crippen molar-refractivity contribution in [2.75, 3.05) is 12.4 Å². The van der Waals surface area contributed by atoms with E-state index in [0.717, 1.165) is 0 Å². The molecular weight excluding hydrogens is 294 g/mol. The predicted molar refractivity (Wildman–Crippen MR) is 77.2 cm³/mol. The van der Waals surface area contributed by atoms with Crippen LogP contribution in [0.4, 0.5) is 11.5 Å². The largest absolute Gasteiger partial charge is 0.495 e. The number of nitrogens with zero attached hydrogens (tertiary/aromatic N) is 2. The van der Waals surface area contributed by atoms with Crippen molar-refractivity contribution in [3.05, 3.63) is 46.6 Å². The molecule has 21 heavy (non-hydrogen) atoms. The SMILES string of the molecule is COc1cccc(C#N)c1Nc1cc(C(=O)O)cc(Cl)n1. The summed E-state index contributed by atoms with van der Waals surface area (Å²) in [5.41, 5.74) is 0.729. The summed E-state index contributed by atoms with van der Waals surface area (Å²) in [5.74, 6) is -0.475. The Morgan fingerprint density at radius 2 is 2.24 bits per heavy atom. The maximum atomic E-state index is 11.0. The lowest BCUT2D eigenvalue weighted by Crippen LogP contribution is -2.03. The second-order valence-electron chi connectivity index (χ2n) is 3.99. The van der Waals surface area contributed by atoms with Gasteiger partial charge in [-0.2, -0.15) is 5.26 Å². The Kier molecular flexibility index (Phi) is 4.26. The van der Waals surface area contributed by atoms with E-state index in [0.29, 0.717) is 17.0 Å². The number of hydrogen-bond acceptors (Lipinski definition) is 5. The zero-order chi connectivity index (χ0) is 15.4. The van der Waals surface area contributed by atoms with Crippen molar-refractivity contribution in [3.8, 4) is 11.8 Å². The van der Waals surface area contributed by atoms with Crippen molar-refractivity contribution < 1.29 is 14.6 Å². The zero-order valence-corrected chi connectivity index (χ0v) is 11.7. The van der Waals surface area contributed by atoms with Crippen LogP contribution >= 0.6 is 11.6 Å². The molecule has 0 bridgehead atoms. The van der Waals surface area contributed by atoms with Gasteiger partial charge in [0.15, 0.2) is 0 Å². The van der Waals surface area contributed by atoms with E-state index in [1.807, 2.05) is 6.07 Å². The van der Waals surface area contributed by atoms with E-state index in [4.69, 9.17) is 26.7 Å². The van der Waals surface area contributed by atoms with Crippen molar-refractivity contribution in [2.45, 2.75) is 0 Å². The molecule has 0 aliphatic rings. The minimum Gasteiger partial charge on any atom is -0.495 e. The minimum absolute atomic E-state index is 0.00842. The number of nitrogens with one attached hydrogen (secondary N) is 1. The first-order valence-corrected chi connectivity index (χ1v) is 6.18. The molecule has 0 fully saturated rings. The van der Waals surface area contributed by atoms with Crippen LogP contribution in [0.1, 0.15) is 15.9 Å². The van der Waals surface area contributed by atoms with Gasteiger partial charge in [-0.1, -0.05) is 17.7 Å². The third-order valence-electron chi connectivity index (χ3n) is 2.66. The molecule has 0 aliphatic carbocycles. The van der Waals surface area contributed by atoms with E-state index in [9.17, 15) is 4.79 Å². The summed E-state index contributed by atoms with van der Waals surface area (Å²) in [7, 11) is 1.47. The minimum atomic E-state index is -1.12. The number of pyridine rings is 1. The number of para-hydroxylation sites is 1. The lowest BCUT2D eigenvalue weighted by atomic mass is 10.1. The lowest BCUT2D eigenvalue weighted by molar-refractivity contribution is 0.0697. The first-order valence-electron chi connectivity index (χ1n) is 5.80. The summed E-state index contributed by atoms with van der Waals surface area (Å²) in [5, 5.41) is 21.0. The molecule has 0 saturated heterocycles. The van der Waals surface area contributed by atoms with E-state index in [1.54, 1.807) is 18.2 Å². The molecular formula is C14H10ClN3O3. The summed E-state index contributed by atoms with van der Waals surface area (Å²) in [6, 6.07) is 9.54. The number of nitriles is 1. The molecule has 2 rings (SSSR count). The molecule has 1 aromatic heterocycles. The van der Waals surface area contributed by atoms with Gasteiger partial charge < -0.3 is 15.2 Å². The third-order valence-corrected chi connectivity index (χ3v) is 2.85. The van der Waals surface area contributed by atoms with Crippen molar-refractivity contribution in [2.24, 2.45) is 0 Å². The van der Waals surface area contributed by atoms with Crippen molar-refractivity contribution in [3.63, 3.8) is 0 Å². The van der Waals surface area contributed by atoms with Gasteiger partial charge >= 0.3 is 5.97 Å². The van der Waals surface area contributed by atoms with Crippen LogP contribution in [0.5, 0.6) is 5.75 Å². The number of carboxylic acid groups (broad SMARTS) is 1. The molecule has 106 valence electrons. The fourth-order valence-corrected chi connectivity index (χ4v) is 1.94. The average Bonchev–Trinajstić information content (AvgIpc) is 2.46. The highest BCUT2D eigenvalue weighted by Gasteiger charge is 2.12. The van der Waals surface area contributed by atoms with Gasteiger partial charge in [-0.05, 0) is 24.3 Å². The molecule has 0 aliphatic heterocycles. The van der Waals surface area contributed by atoms with E-state index >= 15 is 0 Å². The third kappa shape index (κ3) is 3.22. The smallest absolute Gasteiger partial charge is 0.335 e. The summed E-state index contributed by atoms with van der Waals surface area (Å²) >= 11 is 5.80. The van der Waals surface area contributed by atoms with Crippen LogP contribution in [0, 0.1) is 11.3 Å². The van der Waals surface area contributed by atoms with Gasteiger partial charge in [0.1, 0.15) is 28.5 Å². The monoisotopic (exact) mass is 303 g/mol. The van der Waals surface area contributed by atoms with Crippen molar-refractivity contribution >= 4 is 29.1 Å². The standard InChI is InChI=1S/C14H10ClN3O3/c1-21-10-4-2-3-8(7-16)13(10)18-12-6-9(14(19)20)5-11(15)17-12/h2-6H,1H3,(H,17,18)(H,19,20). The van der Waals surface area contributed by atoms with Gasteiger partial charge in [0, 0.05) is 0 Å². The number of hydrogen-bond donors (Lipinski definition) is 2. The maximum absolute atomic E-state index is 11.0.